The van der Waals surface area contributed by atoms with Crippen molar-refractivity contribution in [2.45, 2.75) is 20.4 Å². The lowest BCUT2D eigenvalue weighted by Gasteiger charge is -2.23. The van der Waals surface area contributed by atoms with Gasteiger partial charge in [0.25, 0.3) is 11.6 Å². The van der Waals surface area contributed by atoms with Crippen LogP contribution in [0.5, 0.6) is 0 Å². The molecule has 166 valence electrons. The lowest BCUT2D eigenvalue weighted by atomic mass is 10.1. The van der Waals surface area contributed by atoms with Gasteiger partial charge in [-0.25, -0.2) is 8.42 Å². The van der Waals surface area contributed by atoms with Gasteiger partial charge in [0.05, 0.1) is 34.7 Å². The van der Waals surface area contributed by atoms with Crippen molar-refractivity contribution in [2.24, 2.45) is 0 Å². The van der Waals surface area contributed by atoms with Crippen molar-refractivity contribution in [3.63, 3.8) is 0 Å². The average Bonchev–Trinajstić information content (AvgIpc) is 2.72. The maximum atomic E-state index is 12.6. The normalized spacial score (nSPS) is 11.1. The third-order valence-corrected chi connectivity index (χ3v) is 6.12. The zero-order chi connectivity index (χ0) is 23.5. The topological polar surface area (TPSA) is 110 Å². The van der Waals surface area contributed by atoms with Crippen molar-refractivity contribution in [1.82, 2.24) is 0 Å². The number of hydrogen-bond donors (Lipinski definition) is 1. The number of amides is 1. The summed E-state index contributed by atoms with van der Waals surface area (Å²) in [4.78, 5) is 23.2. The standard InChI is InChI=1S/C23H23N3O5S/c1-16-6-4-7-20(14-16)25(32(3,30)31)15-18-10-12-19(13-11-18)23(27)24-21-8-5-9-22(17(21)2)26(28)29/h4-14H,15H2,1-3H3,(H,24,27). The molecule has 0 bridgehead atoms. The SMILES string of the molecule is Cc1cccc(N(Cc2ccc(C(=O)Nc3cccc([N+](=O)[O-])c3C)cc2)S(C)(=O)=O)c1. The van der Waals surface area contributed by atoms with E-state index in [4.69, 9.17) is 0 Å². The first-order valence-corrected chi connectivity index (χ1v) is 11.6. The molecule has 0 spiro atoms. The lowest BCUT2D eigenvalue weighted by molar-refractivity contribution is -0.385. The molecule has 8 nitrogen and oxygen atoms in total. The van der Waals surface area contributed by atoms with Gasteiger partial charge in [-0.1, -0.05) is 30.3 Å². The first-order valence-electron chi connectivity index (χ1n) is 9.75. The van der Waals surface area contributed by atoms with Gasteiger partial charge in [-0.3, -0.25) is 19.2 Å². The molecule has 0 saturated heterocycles. The summed E-state index contributed by atoms with van der Waals surface area (Å²) in [5.41, 5.74) is 3.21. The molecule has 3 aromatic rings. The summed E-state index contributed by atoms with van der Waals surface area (Å²) in [5.74, 6) is -0.418. The highest BCUT2D eigenvalue weighted by Gasteiger charge is 2.19. The molecule has 0 atom stereocenters. The van der Waals surface area contributed by atoms with Crippen LogP contribution in [0.3, 0.4) is 0 Å². The minimum Gasteiger partial charge on any atom is -0.321 e. The van der Waals surface area contributed by atoms with Crippen LogP contribution >= 0.6 is 0 Å². The van der Waals surface area contributed by atoms with Crippen molar-refractivity contribution >= 4 is 33.0 Å². The van der Waals surface area contributed by atoms with Crippen molar-refractivity contribution in [3.8, 4) is 0 Å². The summed E-state index contributed by atoms with van der Waals surface area (Å²) in [5, 5.41) is 13.8. The molecule has 0 fully saturated rings. The van der Waals surface area contributed by atoms with Crippen LogP contribution < -0.4 is 9.62 Å². The molecular formula is C23H23N3O5S. The summed E-state index contributed by atoms with van der Waals surface area (Å²) < 4.78 is 26.0. The van der Waals surface area contributed by atoms with Crippen LogP contribution in [0.2, 0.25) is 0 Å². The Labute approximate surface area is 186 Å². The zero-order valence-corrected chi connectivity index (χ0v) is 18.7. The van der Waals surface area contributed by atoms with Gasteiger partial charge in [0.1, 0.15) is 0 Å². The Morgan fingerprint density at radius 1 is 1.03 bits per heavy atom. The molecule has 0 aromatic heterocycles. The van der Waals surface area contributed by atoms with Gasteiger partial charge in [-0.2, -0.15) is 0 Å². The zero-order valence-electron chi connectivity index (χ0n) is 17.9. The molecule has 9 heteroatoms. The quantitative estimate of drug-likeness (QED) is 0.420. The van der Waals surface area contributed by atoms with Crippen LogP contribution in [0, 0.1) is 24.0 Å². The lowest BCUT2D eigenvalue weighted by Crippen LogP contribution is -2.29. The number of hydrogen-bond acceptors (Lipinski definition) is 5. The highest BCUT2D eigenvalue weighted by atomic mass is 32.2. The van der Waals surface area contributed by atoms with E-state index in [0.29, 0.717) is 28.1 Å². The van der Waals surface area contributed by atoms with Gasteiger partial charge in [-0.05, 0) is 55.3 Å². The van der Waals surface area contributed by atoms with E-state index in [9.17, 15) is 23.3 Å². The molecule has 3 rings (SSSR count). The summed E-state index contributed by atoms with van der Waals surface area (Å²) in [7, 11) is -3.52. The third kappa shape index (κ3) is 5.30. The van der Waals surface area contributed by atoms with E-state index in [1.807, 2.05) is 13.0 Å². The average molecular weight is 454 g/mol. The van der Waals surface area contributed by atoms with Crippen molar-refractivity contribution in [3.05, 3.63) is 99.1 Å². The second-order valence-electron chi connectivity index (χ2n) is 7.47. The molecule has 0 saturated carbocycles. The molecule has 1 N–H and O–H groups in total. The Hall–Kier alpha value is -3.72. The number of carbonyl (C=O) groups is 1. The van der Waals surface area contributed by atoms with Gasteiger partial charge in [-0.15, -0.1) is 0 Å². The predicted molar refractivity (Wildman–Crippen MR) is 124 cm³/mol. The number of anilines is 2. The fourth-order valence-electron chi connectivity index (χ4n) is 3.26. The molecule has 0 unspecified atom stereocenters. The Morgan fingerprint density at radius 3 is 2.28 bits per heavy atom. The number of carbonyl (C=O) groups excluding carboxylic acids is 1. The van der Waals surface area contributed by atoms with Crippen molar-refractivity contribution in [1.29, 1.82) is 0 Å². The first kappa shape index (κ1) is 23.0. The molecule has 0 radical (unpaired) electrons. The Kier molecular flexibility index (Phi) is 6.59. The molecule has 0 aliphatic heterocycles. The molecule has 32 heavy (non-hydrogen) atoms. The minimum absolute atomic E-state index is 0.0739. The van der Waals surface area contributed by atoms with Crippen LogP contribution in [0.1, 0.15) is 27.0 Å². The Morgan fingerprint density at radius 2 is 1.69 bits per heavy atom. The number of sulfonamides is 1. The summed E-state index contributed by atoms with van der Waals surface area (Å²) >= 11 is 0. The third-order valence-electron chi connectivity index (χ3n) is 4.98. The number of aryl methyl sites for hydroxylation is 1. The maximum Gasteiger partial charge on any atom is 0.274 e. The number of nitrogens with zero attached hydrogens (tertiary/aromatic N) is 2. The van der Waals surface area contributed by atoms with E-state index >= 15 is 0 Å². The van der Waals surface area contributed by atoms with Gasteiger partial charge in [0, 0.05) is 11.6 Å². The van der Waals surface area contributed by atoms with E-state index in [-0.39, 0.29) is 12.2 Å². The number of benzene rings is 3. The number of nitro groups is 1. The Bertz CT molecular complexity index is 1270. The number of rotatable bonds is 7. The van der Waals surface area contributed by atoms with Crippen molar-refractivity contribution < 1.29 is 18.1 Å². The fourth-order valence-corrected chi connectivity index (χ4v) is 4.14. The van der Waals surface area contributed by atoms with Gasteiger partial charge in [0.2, 0.25) is 10.0 Å². The Balaban J connectivity index is 1.79. The van der Waals surface area contributed by atoms with E-state index in [1.165, 1.54) is 16.4 Å². The van der Waals surface area contributed by atoms with Crippen LogP contribution in [0.4, 0.5) is 17.1 Å². The van der Waals surface area contributed by atoms with Gasteiger partial charge < -0.3 is 5.32 Å². The van der Waals surface area contributed by atoms with E-state index in [0.717, 1.165) is 11.8 Å². The highest BCUT2D eigenvalue weighted by Crippen LogP contribution is 2.26. The highest BCUT2D eigenvalue weighted by molar-refractivity contribution is 7.92. The van der Waals surface area contributed by atoms with Gasteiger partial charge >= 0.3 is 0 Å². The van der Waals surface area contributed by atoms with Gasteiger partial charge in [0.15, 0.2) is 0 Å². The summed E-state index contributed by atoms with van der Waals surface area (Å²) in [6.07, 6.45) is 1.15. The molecular weight excluding hydrogens is 430 g/mol. The molecule has 0 heterocycles. The minimum atomic E-state index is -3.52. The van der Waals surface area contributed by atoms with E-state index in [1.54, 1.807) is 55.5 Å². The van der Waals surface area contributed by atoms with Crippen LogP contribution in [0.15, 0.2) is 66.7 Å². The smallest absolute Gasteiger partial charge is 0.274 e. The van der Waals surface area contributed by atoms with Crippen LogP contribution in [0.25, 0.3) is 0 Å². The van der Waals surface area contributed by atoms with Crippen molar-refractivity contribution in [2.75, 3.05) is 15.9 Å². The monoisotopic (exact) mass is 453 g/mol. The molecule has 0 aliphatic rings. The summed E-state index contributed by atoms with van der Waals surface area (Å²) in [6, 6.07) is 18.2. The van der Waals surface area contributed by atoms with E-state index in [2.05, 4.69) is 5.32 Å². The largest absolute Gasteiger partial charge is 0.321 e. The summed E-state index contributed by atoms with van der Waals surface area (Å²) in [6.45, 7) is 3.58. The molecule has 1 amide bonds. The predicted octanol–water partition coefficient (Wildman–Crippen LogP) is 4.43. The van der Waals surface area contributed by atoms with E-state index < -0.39 is 20.9 Å². The fraction of sp³-hybridized carbons (Fsp3) is 0.174. The second kappa shape index (κ2) is 9.19. The molecule has 0 aliphatic carbocycles. The van der Waals surface area contributed by atoms with Crippen LogP contribution in [-0.2, 0) is 16.6 Å². The number of nitro benzene ring substituents is 1. The van der Waals surface area contributed by atoms with Crippen LogP contribution in [-0.4, -0.2) is 25.5 Å². The maximum absolute atomic E-state index is 12.6. The molecule has 3 aromatic carbocycles. The second-order valence-corrected chi connectivity index (χ2v) is 9.37. The number of nitrogens with one attached hydrogen (secondary N) is 1. The first-order chi connectivity index (χ1) is 15.1.